The van der Waals surface area contributed by atoms with Crippen molar-refractivity contribution in [1.82, 2.24) is 10.2 Å². The van der Waals surface area contributed by atoms with E-state index in [4.69, 9.17) is 4.74 Å². The third-order valence-corrected chi connectivity index (χ3v) is 3.90. The molecule has 17 heavy (non-hydrogen) atoms. The van der Waals surface area contributed by atoms with E-state index in [1.54, 1.807) is 0 Å². The molecule has 1 fully saturated rings. The smallest absolute Gasteiger partial charge is 0.0674 e. The zero-order valence-corrected chi connectivity index (χ0v) is 12.2. The molecule has 4 atom stereocenters. The first-order valence-electron chi connectivity index (χ1n) is 7.14. The average Bonchev–Trinajstić information content (AvgIpc) is 2.31. The van der Waals surface area contributed by atoms with E-state index in [0.717, 1.165) is 26.2 Å². The fraction of sp³-hybridized carbons (Fsp3) is 1.00. The molecule has 3 nitrogen and oxygen atoms in total. The lowest BCUT2D eigenvalue weighted by atomic mass is 9.99. The maximum Gasteiger partial charge on any atom is 0.0674 e. The minimum absolute atomic E-state index is 0.379. The van der Waals surface area contributed by atoms with Crippen LogP contribution in [0.5, 0.6) is 0 Å². The van der Waals surface area contributed by atoms with Crippen molar-refractivity contribution in [1.29, 1.82) is 0 Å². The zero-order valence-electron chi connectivity index (χ0n) is 12.2. The van der Waals surface area contributed by atoms with Crippen LogP contribution in [0, 0.1) is 5.92 Å². The summed E-state index contributed by atoms with van der Waals surface area (Å²) in [5.41, 5.74) is 0. The topological polar surface area (TPSA) is 24.5 Å². The molecule has 0 spiro atoms. The second-order valence-corrected chi connectivity index (χ2v) is 5.61. The van der Waals surface area contributed by atoms with E-state index < -0.39 is 0 Å². The van der Waals surface area contributed by atoms with Gasteiger partial charge < -0.3 is 10.1 Å². The fourth-order valence-electron chi connectivity index (χ4n) is 2.50. The maximum atomic E-state index is 5.69. The van der Waals surface area contributed by atoms with Crippen molar-refractivity contribution < 1.29 is 4.74 Å². The number of hydrogen-bond donors (Lipinski definition) is 1. The summed E-state index contributed by atoms with van der Waals surface area (Å²) >= 11 is 0. The molecular weight excluding hydrogens is 212 g/mol. The highest BCUT2D eigenvalue weighted by Crippen LogP contribution is 2.19. The van der Waals surface area contributed by atoms with Gasteiger partial charge in [-0.3, -0.25) is 4.90 Å². The fourth-order valence-corrected chi connectivity index (χ4v) is 2.50. The Morgan fingerprint density at radius 1 is 1.35 bits per heavy atom. The Morgan fingerprint density at radius 2 is 2.06 bits per heavy atom. The second-order valence-electron chi connectivity index (χ2n) is 5.61. The third kappa shape index (κ3) is 4.57. The van der Waals surface area contributed by atoms with Gasteiger partial charge in [-0.25, -0.2) is 0 Å². The van der Waals surface area contributed by atoms with E-state index >= 15 is 0 Å². The summed E-state index contributed by atoms with van der Waals surface area (Å²) in [4.78, 5) is 2.60. The minimum atomic E-state index is 0.379. The molecule has 0 saturated carbocycles. The number of hydrogen-bond acceptors (Lipinski definition) is 3. The first-order valence-corrected chi connectivity index (χ1v) is 7.14. The first kappa shape index (κ1) is 14.9. The lowest BCUT2D eigenvalue weighted by Gasteiger charge is -2.42. The van der Waals surface area contributed by atoms with Crippen LogP contribution in [0.25, 0.3) is 0 Å². The van der Waals surface area contributed by atoms with E-state index in [2.05, 4.69) is 44.8 Å². The minimum Gasteiger partial charge on any atom is -0.376 e. The van der Waals surface area contributed by atoms with Gasteiger partial charge in [-0.05, 0) is 46.2 Å². The number of nitrogens with one attached hydrogen (secondary N) is 1. The molecule has 1 rings (SSSR count). The molecule has 1 N–H and O–H groups in total. The number of morpholine rings is 1. The molecule has 0 aromatic carbocycles. The lowest BCUT2D eigenvalue weighted by molar-refractivity contribution is -0.0706. The van der Waals surface area contributed by atoms with Gasteiger partial charge in [0.05, 0.1) is 12.7 Å². The van der Waals surface area contributed by atoms with Crippen LogP contribution in [-0.4, -0.2) is 49.3 Å². The average molecular weight is 242 g/mol. The Labute approximate surface area is 107 Å². The number of nitrogens with zero attached hydrogens (tertiary/aromatic N) is 1. The molecule has 0 amide bonds. The summed E-state index contributed by atoms with van der Waals surface area (Å²) < 4.78 is 5.69. The largest absolute Gasteiger partial charge is 0.376 e. The van der Waals surface area contributed by atoms with Gasteiger partial charge in [-0.2, -0.15) is 0 Å². The van der Waals surface area contributed by atoms with E-state index in [9.17, 15) is 0 Å². The van der Waals surface area contributed by atoms with Gasteiger partial charge in [0.1, 0.15) is 0 Å². The van der Waals surface area contributed by atoms with Gasteiger partial charge in [0.2, 0.25) is 0 Å². The van der Waals surface area contributed by atoms with Gasteiger partial charge in [0.25, 0.3) is 0 Å². The molecule has 0 radical (unpaired) electrons. The van der Waals surface area contributed by atoms with Gasteiger partial charge in [-0.1, -0.05) is 13.8 Å². The van der Waals surface area contributed by atoms with Crippen molar-refractivity contribution >= 4 is 0 Å². The Bertz CT molecular complexity index is 210. The van der Waals surface area contributed by atoms with Crippen LogP contribution in [0.4, 0.5) is 0 Å². The third-order valence-electron chi connectivity index (χ3n) is 3.90. The maximum absolute atomic E-state index is 5.69. The van der Waals surface area contributed by atoms with Gasteiger partial charge in [0.15, 0.2) is 0 Å². The van der Waals surface area contributed by atoms with Crippen LogP contribution in [-0.2, 0) is 4.74 Å². The van der Waals surface area contributed by atoms with E-state index in [0.29, 0.717) is 24.1 Å². The van der Waals surface area contributed by atoms with E-state index in [-0.39, 0.29) is 0 Å². The molecular formula is C14H30N2O. The predicted octanol–water partition coefficient (Wildman–Crippen LogP) is 2.12. The van der Waals surface area contributed by atoms with Crippen molar-refractivity contribution in [3.8, 4) is 0 Å². The SMILES string of the molecule is CCCNCC(C)C(C)N1CC(C)OCC1C. The molecule has 102 valence electrons. The Morgan fingerprint density at radius 3 is 2.71 bits per heavy atom. The Balaban J connectivity index is 2.40. The molecule has 0 aliphatic carbocycles. The van der Waals surface area contributed by atoms with Crippen LogP contribution in [0.1, 0.15) is 41.0 Å². The highest BCUT2D eigenvalue weighted by atomic mass is 16.5. The predicted molar refractivity (Wildman–Crippen MR) is 73.4 cm³/mol. The van der Waals surface area contributed by atoms with Crippen LogP contribution < -0.4 is 5.32 Å². The highest BCUT2D eigenvalue weighted by Gasteiger charge is 2.29. The second kappa shape index (κ2) is 7.34. The van der Waals surface area contributed by atoms with Crippen molar-refractivity contribution in [3.05, 3.63) is 0 Å². The van der Waals surface area contributed by atoms with Crippen LogP contribution in [0.2, 0.25) is 0 Å². The zero-order chi connectivity index (χ0) is 12.8. The number of rotatable bonds is 6. The van der Waals surface area contributed by atoms with Crippen LogP contribution in [0.3, 0.4) is 0 Å². The van der Waals surface area contributed by atoms with Crippen molar-refractivity contribution in [3.63, 3.8) is 0 Å². The number of ether oxygens (including phenoxy) is 1. The molecule has 4 unspecified atom stereocenters. The van der Waals surface area contributed by atoms with E-state index in [1.165, 1.54) is 6.42 Å². The summed E-state index contributed by atoms with van der Waals surface area (Å²) in [7, 11) is 0. The molecule has 1 saturated heterocycles. The monoisotopic (exact) mass is 242 g/mol. The molecule has 0 aromatic heterocycles. The quantitative estimate of drug-likeness (QED) is 0.722. The van der Waals surface area contributed by atoms with Gasteiger partial charge in [0, 0.05) is 18.6 Å². The molecule has 1 aliphatic heterocycles. The lowest BCUT2D eigenvalue weighted by Crippen LogP contribution is -2.54. The molecule has 1 aliphatic rings. The van der Waals surface area contributed by atoms with Gasteiger partial charge in [-0.15, -0.1) is 0 Å². The summed E-state index contributed by atoms with van der Waals surface area (Å²) in [5, 5.41) is 3.52. The van der Waals surface area contributed by atoms with Crippen molar-refractivity contribution in [2.24, 2.45) is 5.92 Å². The molecule has 3 heteroatoms. The Kier molecular flexibility index (Phi) is 6.45. The van der Waals surface area contributed by atoms with Gasteiger partial charge >= 0.3 is 0 Å². The summed E-state index contributed by atoms with van der Waals surface area (Å²) in [6.45, 7) is 15.6. The van der Waals surface area contributed by atoms with Crippen molar-refractivity contribution in [2.45, 2.75) is 59.2 Å². The standard InChI is InChI=1S/C14H30N2O/c1-6-7-15-8-11(2)14(5)16-9-13(4)17-10-12(16)3/h11-15H,6-10H2,1-5H3. The molecule has 0 bridgehead atoms. The first-order chi connectivity index (χ1) is 8.06. The molecule has 0 aromatic rings. The van der Waals surface area contributed by atoms with Crippen LogP contribution in [0.15, 0.2) is 0 Å². The van der Waals surface area contributed by atoms with Crippen LogP contribution >= 0.6 is 0 Å². The molecule has 1 heterocycles. The normalized spacial score (nSPS) is 30.2. The highest BCUT2D eigenvalue weighted by molar-refractivity contribution is 4.83. The van der Waals surface area contributed by atoms with E-state index in [1.807, 2.05) is 0 Å². The summed E-state index contributed by atoms with van der Waals surface area (Å²) in [5.74, 6) is 0.689. The summed E-state index contributed by atoms with van der Waals surface area (Å²) in [6, 6.07) is 1.18. The summed E-state index contributed by atoms with van der Waals surface area (Å²) in [6.07, 6.45) is 1.59. The van der Waals surface area contributed by atoms with Crippen molar-refractivity contribution in [2.75, 3.05) is 26.2 Å². The Hall–Kier alpha value is -0.120.